The summed E-state index contributed by atoms with van der Waals surface area (Å²) in [5.74, 6) is -0.339. The molecule has 0 aliphatic heterocycles. The van der Waals surface area contributed by atoms with Crippen molar-refractivity contribution in [3.63, 3.8) is 0 Å². The van der Waals surface area contributed by atoms with E-state index < -0.39 is 0 Å². The number of thiophene rings is 1. The Morgan fingerprint density at radius 2 is 2.28 bits per heavy atom. The lowest BCUT2D eigenvalue weighted by Crippen LogP contribution is -2.19. The second-order valence-electron chi connectivity index (χ2n) is 3.92. The van der Waals surface area contributed by atoms with Crippen molar-refractivity contribution >= 4 is 38.9 Å². The fourth-order valence-corrected chi connectivity index (χ4v) is 3.50. The summed E-state index contributed by atoms with van der Waals surface area (Å²) >= 11 is 10.9. The number of nitrogens with one attached hydrogen (secondary N) is 1. The van der Waals surface area contributed by atoms with Crippen molar-refractivity contribution in [3.05, 3.63) is 55.4 Å². The van der Waals surface area contributed by atoms with Crippen molar-refractivity contribution < 1.29 is 4.39 Å². The van der Waals surface area contributed by atoms with Gasteiger partial charge in [0.2, 0.25) is 0 Å². The van der Waals surface area contributed by atoms with Crippen molar-refractivity contribution in [2.75, 3.05) is 7.05 Å². The number of hydrogen-bond acceptors (Lipinski definition) is 2. The molecule has 1 N–H and O–H groups in total. The van der Waals surface area contributed by atoms with Gasteiger partial charge in [0.05, 0.1) is 5.02 Å². The standard InChI is InChI=1S/C13H12BrClFNS/c1-17-12(6-9-5-8(14)7-18-9)10-3-2-4-11(15)13(10)16/h2-5,7,12,17H,6H2,1H3. The molecular formula is C13H12BrClFNS. The summed E-state index contributed by atoms with van der Waals surface area (Å²) in [7, 11) is 1.83. The highest BCUT2D eigenvalue weighted by atomic mass is 79.9. The van der Waals surface area contributed by atoms with E-state index in [1.807, 2.05) is 12.4 Å². The third kappa shape index (κ3) is 3.12. The van der Waals surface area contributed by atoms with E-state index in [0.717, 1.165) is 10.9 Å². The van der Waals surface area contributed by atoms with Crippen LogP contribution in [0.15, 0.2) is 34.1 Å². The van der Waals surface area contributed by atoms with Crippen LogP contribution >= 0.6 is 38.9 Å². The molecule has 0 aliphatic carbocycles. The largest absolute Gasteiger partial charge is 0.313 e. The third-order valence-electron chi connectivity index (χ3n) is 2.73. The molecule has 0 spiro atoms. The summed E-state index contributed by atoms with van der Waals surface area (Å²) in [6.07, 6.45) is 0.740. The molecule has 2 aromatic rings. The van der Waals surface area contributed by atoms with Crippen molar-refractivity contribution in [1.82, 2.24) is 5.32 Å². The smallest absolute Gasteiger partial charge is 0.146 e. The van der Waals surface area contributed by atoms with Gasteiger partial charge in [-0.1, -0.05) is 23.7 Å². The van der Waals surface area contributed by atoms with Crippen molar-refractivity contribution in [2.24, 2.45) is 0 Å². The Kier molecular flexibility index (Phi) is 4.78. The first-order valence-corrected chi connectivity index (χ1v) is 7.51. The molecule has 1 aromatic carbocycles. The van der Waals surface area contributed by atoms with Crippen LogP contribution < -0.4 is 5.32 Å². The Bertz CT molecular complexity index is 544. The zero-order chi connectivity index (χ0) is 13.1. The Hall–Kier alpha value is -0.420. The van der Waals surface area contributed by atoms with Gasteiger partial charge in [-0.25, -0.2) is 4.39 Å². The van der Waals surface area contributed by atoms with Gasteiger partial charge in [-0.15, -0.1) is 11.3 Å². The van der Waals surface area contributed by atoms with Gasteiger partial charge >= 0.3 is 0 Å². The van der Waals surface area contributed by atoms with Gasteiger partial charge in [0.25, 0.3) is 0 Å². The zero-order valence-electron chi connectivity index (χ0n) is 9.71. The minimum Gasteiger partial charge on any atom is -0.313 e. The highest BCUT2D eigenvalue weighted by Crippen LogP contribution is 2.28. The molecule has 96 valence electrons. The molecule has 0 saturated heterocycles. The first kappa shape index (κ1) is 14.0. The molecule has 1 nitrogen and oxygen atoms in total. The van der Waals surface area contributed by atoms with Crippen LogP contribution in [-0.2, 0) is 6.42 Å². The zero-order valence-corrected chi connectivity index (χ0v) is 12.9. The van der Waals surface area contributed by atoms with Gasteiger partial charge in [0, 0.05) is 32.8 Å². The van der Waals surface area contributed by atoms with E-state index in [-0.39, 0.29) is 16.9 Å². The normalized spacial score (nSPS) is 12.7. The van der Waals surface area contributed by atoms with Gasteiger partial charge in [-0.2, -0.15) is 0 Å². The molecule has 0 radical (unpaired) electrons. The quantitative estimate of drug-likeness (QED) is 0.836. The van der Waals surface area contributed by atoms with Gasteiger partial charge in [0.1, 0.15) is 5.82 Å². The first-order chi connectivity index (χ1) is 8.61. The summed E-state index contributed by atoms with van der Waals surface area (Å²) in [5.41, 5.74) is 0.606. The first-order valence-electron chi connectivity index (χ1n) is 5.46. The Morgan fingerprint density at radius 3 is 2.89 bits per heavy atom. The summed E-state index contributed by atoms with van der Waals surface area (Å²) in [4.78, 5) is 1.20. The average molecular weight is 349 g/mol. The minimum absolute atomic E-state index is 0.0748. The molecule has 1 unspecified atom stereocenters. The lowest BCUT2D eigenvalue weighted by molar-refractivity contribution is 0.536. The maximum absolute atomic E-state index is 14.0. The van der Waals surface area contributed by atoms with E-state index in [1.54, 1.807) is 29.5 Å². The minimum atomic E-state index is -0.339. The van der Waals surface area contributed by atoms with E-state index in [4.69, 9.17) is 11.6 Å². The number of hydrogen-bond donors (Lipinski definition) is 1. The molecule has 5 heteroatoms. The monoisotopic (exact) mass is 347 g/mol. The molecule has 0 aliphatic rings. The van der Waals surface area contributed by atoms with Crippen LogP contribution in [0.3, 0.4) is 0 Å². The van der Waals surface area contributed by atoms with Crippen molar-refractivity contribution in [2.45, 2.75) is 12.5 Å². The third-order valence-corrected chi connectivity index (χ3v) is 4.74. The summed E-state index contributed by atoms with van der Waals surface area (Å²) < 4.78 is 15.0. The number of halogens is 3. The van der Waals surface area contributed by atoms with Gasteiger partial charge in [0.15, 0.2) is 0 Å². The number of benzene rings is 1. The maximum atomic E-state index is 14.0. The molecule has 1 heterocycles. The average Bonchev–Trinajstić information content (AvgIpc) is 2.76. The van der Waals surface area contributed by atoms with Gasteiger partial charge in [-0.05, 0) is 35.1 Å². The molecule has 0 amide bonds. The molecule has 18 heavy (non-hydrogen) atoms. The van der Waals surface area contributed by atoms with E-state index in [2.05, 4.69) is 27.3 Å². The molecule has 1 atom stereocenters. The van der Waals surface area contributed by atoms with Gasteiger partial charge < -0.3 is 5.32 Å². The Labute approximate surface area is 123 Å². The van der Waals surface area contributed by atoms with E-state index >= 15 is 0 Å². The molecule has 0 bridgehead atoms. The van der Waals surface area contributed by atoms with Crippen LogP contribution in [0.5, 0.6) is 0 Å². The Balaban J connectivity index is 2.25. The summed E-state index contributed by atoms with van der Waals surface area (Å²) in [5, 5.41) is 5.33. The maximum Gasteiger partial charge on any atom is 0.146 e. The van der Waals surface area contributed by atoms with Crippen LogP contribution in [0, 0.1) is 5.82 Å². The van der Waals surface area contributed by atoms with Crippen LogP contribution in [0.2, 0.25) is 5.02 Å². The fourth-order valence-electron chi connectivity index (χ4n) is 1.82. The topological polar surface area (TPSA) is 12.0 Å². The van der Waals surface area contributed by atoms with E-state index in [9.17, 15) is 4.39 Å². The fraction of sp³-hybridized carbons (Fsp3) is 0.231. The summed E-state index contributed by atoms with van der Waals surface area (Å²) in [6, 6.07) is 7.08. The predicted octanol–water partition coefficient (Wildman–Crippen LogP) is 4.81. The van der Waals surface area contributed by atoms with E-state index in [1.165, 1.54) is 4.88 Å². The van der Waals surface area contributed by atoms with E-state index in [0.29, 0.717) is 5.56 Å². The molecule has 0 fully saturated rings. The summed E-state index contributed by atoms with van der Waals surface area (Å²) in [6.45, 7) is 0. The molecule has 2 rings (SSSR count). The molecule has 1 aromatic heterocycles. The Morgan fingerprint density at radius 1 is 1.50 bits per heavy atom. The lowest BCUT2D eigenvalue weighted by atomic mass is 10.0. The molecule has 0 saturated carbocycles. The van der Waals surface area contributed by atoms with Crippen LogP contribution in [0.25, 0.3) is 0 Å². The highest BCUT2D eigenvalue weighted by molar-refractivity contribution is 9.10. The lowest BCUT2D eigenvalue weighted by Gasteiger charge is -2.17. The predicted molar refractivity (Wildman–Crippen MR) is 78.9 cm³/mol. The second-order valence-corrected chi connectivity index (χ2v) is 6.24. The number of rotatable bonds is 4. The van der Waals surface area contributed by atoms with Crippen LogP contribution in [-0.4, -0.2) is 7.05 Å². The SMILES string of the molecule is CNC(Cc1cc(Br)cs1)c1cccc(Cl)c1F. The van der Waals surface area contributed by atoms with Crippen LogP contribution in [0.1, 0.15) is 16.5 Å². The van der Waals surface area contributed by atoms with Crippen LogP contribution in [0.4, 0.5) is 4.39 Å². The van der Waals surface area contributed by atoms with Crippen molar-refractivity contribution in [1.29, 1.82) is 0 Å². The molecular weight excluding hydrogens is 337 g/mol. The highest BCUT2D eigenvalue weighted by Gasteiger charge is 2.17. The number of likely N-dealkylation sites (N-methyl/N-ethyl adjacent to an activating group) is 1. The second kappa shape index (κ2) is 6.15. The van der Waals surface area contributed by atoms with Gasteiger partial charge in [-0.3, -0.25) is 0 Å². The van der Waals surface area contributed by atoms with Crippen molar-refractivity contribution in [3.8, 4) is 0 Å².